The minimum Gasteiger partial charge on any atom is -0.350 e. The normalized spacial score (nSPS) is 16.7. The van der Waals surface area contributed by atoms with Crippen molar-refractivity contribution in [3.63, 3.8) is 0 Å². The highest BCUT2D eigenvalue weighted by molar-refractivity contribution is 5.89. The van der Waals surface area contributed by atoms with Crippen molar-refractivity contribution in [2.45, 2.75) is 72.5 Å². The zero-order chi connectivity index (χ0) is 23.8. The van der Waals surface area contributed by atoms with E-state index in [2.05, 4.69) is 10.6 Å². The summed E-state index contributed by atoms with van der Waals surface area (Å²) in [6.07, 6.45) is 1.83. The number of hydrogen-bond donors (Lipinski definition) is 3. The molecule has 1 fully saturated rings. The Balaban J connectivity index is 1.85. The summed E-state index contributed by atoms with van der Waals surface area (Å²) in [5.41, 5.74) is 8.23. The van der Waals surface area contributed by atoms with E-state index in [4.69, 9.17) is 5.73 Å². The van der Waals surface area contributed by atoms with Crippen LogP contribution in [0.3, 0.4) is 0 Å². The summed E-state index contributed by atoms with van der Waals surface area (Å²) in [4.78, 5) is 39.9. The maximum atomic E-state index is 12.9. The Morgan fingerprint density at radius 1 is 1.06 bits per heavy atom. The molecule has 2 unspecified atom stereocenters. The SMILES string of the molecule is Cc1ccc(CNC(=O)C(NC(=O)C2CCN(C(=O)C(N)CC(C)C)CC2)C(C)C)cc1. The lowest BCUT2D eigenvalue weighted by Gasteiger charge is -2.34. The van der Waals surface area contributed by atoms with Gasteiger partial charge in [-0.3, -0.25) is 14.4 Å². The number of rotatable bonds is 9. The van der Waals surface area contributed by atoms with Gasteiger partial charge < -0.3 is 21.3 Å². The summed E-state index contributed by atoms with van der Waals surface area (Å²) in [5, 5.41) is 5.88. The first-order valence-corrected chi connectivity index (χ1v) is 11.8. The van der Waals surface area contributed by atoms with E-state index in [1.54, 1.807) is 4.90 Å². The molecule has 0 radical (unpaired) electrons. The fourth-order valence-electron chi connectivity index (χ4n) is 4.02. The number of carbonyl (C=O) groups is 3. The van der Waals surface area contributed by atoms with Crippen LogP contribution < -0.4 is 16.4 Å². The fourth-order valence-corrected chi connectivity index (χ4v) is 4.02. The Hall–Kier alpha value is -2.41. The lowest BCUT2D eigenvalue weighted by atomic mass is 9.93. The zero-order valence-corrected chi connectivity index (χ0v) is 20.2. The van der Waals surface area contributed by atoms with Gasteiger partial charge in [-0.05, 0) is 43.6 Å². The maximum Gasteiger partial charge on any atom is 0.243 e. The largest absolute Gasteiger partial charge is 0.350 e. The van der Waals surface area contributed by atoms with Gasteiger partial charge in [-0.15, -0.1) is 0 Å². The highest BCUT2D eigenvalue weighted by atomic mass is 16.2. The number of nitrogens with two attached hydrogens (primary N) is 1. The van der Waals surface area contributed by atoms with Gasteiger partial charge >= 0.3 is 0 Å². The Morgan fingerprint density at radius 2 is 1.66 bits per heavy atom. The van der Waals surface area contributed by atoms with Crippen LogP contribution in [0.2, 0.25) is 0 Å². The molecule has 0 spiro atoms. The Morgan fingerprint density at radius 3 is 2.19 bits per heavy atom. The number of piperidine rings is 1. The van der Waals surface area contributed by atoms with Gasteiger partial charge in [0.15, 0.2) is 0 Å². The van der Waals surface area contributed by atoms with Gasteiger partial charge in [0, 0.05) is 25.6 Å². The molecular weight excluding hydrogens is 404 g/mol. The molecule has 1 saturated heterocycles. The van der Waals surface area contributed by atoms with Crippen molar-refractivity contribution < 1.29 is 14.4 Å². The van der Waals surface area contributed by atoms with Gasteiger partial charge in [0.1, 0.15) is 6.04 Å². The number of nitrogens with zero attached hydrogens (tertiary/aromatic N) is 1. The number of nitrogens with one attached hydrogen (secondary N) is 2. The lowest BCUT2D eigenvalue weighted by Crippen LogP contribution is -2.53. The molecule has 7 nitrogen and oxygen atoms in total. The van der Waals surface area contributed by atoms with Crippen molar-refractivity contribution in [2.24, 2.45) is 23.5 Å². The van der Waals surface area contributed by atoms with Crippen LogP contribution in [0, 0.1) is 24.7 Å². The highest BCUT2D eigenvalue weighted by Gasteiger charge is 2.32. The van der Waals surface area contributed by atoms with Crippen molar-refractivity contribution >= 4 is 17.7 Å². The summed E-state index contributed by atoms with van der Waals surface area (Å²) in [7, 11) is 0. The summed E-state index contributed by atoms with van der Waals surface area (Å²) < 4.78 is 0. The standard InChI is InChI=1S/C25H40N4O3/c1-16(2)14-21(26)25(32)29-12-10-20(11-13-29)23(30)28-22(17(3)4)24(31)27-15-19-8-6-18(5)7-9-19/h6-9,16-17,20-22H,10-15,26H2,1-5H3,(H,27,31)(H,28,30). The molecule has 32 heavy (non-hydrogen) atoms. The second-order valence-corrected chi connectivity index (χ2v) is 9.77. The van der Waals surface area contributed by atoms with Crippen molar-refractivity contribution in [3.05, 3.63) is 35.4 Å². The molecule has 1 heterocycles. The highest BCUT2D eigenvalue weighted by Crippen LogP contribution is 2.20. The molecule has 3 amide bonds. The van der Waals surface area contributed by atoms with Crippen LogP contribution in [0.5, 0.6) is 0 Å². The second-order valence-electron chi connectivity index (χ2n) is 9.77. The maximum absolute atomic E-state index is 12.9. The van der Waals surface area contributed by atoms with Crippen molar-refractivity contribution in [3.8, 4) is 0 Å². The summed E-state index contributed by atoms with van der Waals surface area (Å²) in [5.74, 6) is -0.205. The lowest BCUT2D eigenvalue weighted by molar-refractivity contribution is -0.138. The monoisotopic (exact) mass is 444 g/mol. The number of carbonyl (C=O) groups excluding carboxylic acids is 3. The van der Waals surface area contributed by atoms with Gasteiger partial charge in [0.25, 0.3) is 0 Å². The van der Waals surface area contributed by atoms with E-state index in [9.17, 15) is 14.4 Å². The molecule has 0 saturated carbocycles. The second kappa shape index (κ2) is 12.0. The van der Waals surface area contributed by atoms with Crippen LogP contribution in [0.1, 0.15) is 58.1 Å². The molecule has 0 aromatic heterocycles. The van der Waals surface area contributed by atoms with Crippen LogP contribution in [0.25, 0.3) is 0 Å². The van der Waals surface area contributed by atoms with Gasteiger partial charge in [-0.25, -0.2) is 0 Å². The van der Waals surface area contributed by atoms with Gasteiger partial charge in [-0.1, -0.05) is 57.5 Å². The third-order valence-electron chi connectivity index (χ3n) is 6.05. The summed E-state index contributed by atoms with van der Waals surface area (Å²) >= 11 is 0. The zero-order valence-electron chi connectivity index (χ0n) is 20.2. The van der Waals surface area contributed by atoms with E-state index in [1.165, 1.54) is 5.56 Å². The first-order chi connectivity index (χ1) is 15.1. The van der Waals surface area contributed by atoms with Crippen LogP contribution in [-0.2, 0) is 20.9 Å². The molecule has 178 valence electrons. The quantitative estimate of drug-likeness (QED) is 0.544. The average Bonchev–Trinajstić information content (AvgIpc) is 2.75. The molecule has 1 aliphatic rings. The molecule has 7 heteroatoms. The van der Waals surface area contributed by atoms with Crippen molar-refractivity contribution in [2.75, 3.05) is 13.1 Å². The molecule has 4 N–H and O–H groups in total. The molecule has 0 bridgehead atoms. The van der Waals surface area contributed by atoms with Gasteiger partial charge in [0.05, 0.1) is 6.04 Å². The minimum absolute atomic E-state index is 0.0342. The van der Waals surface area contributed by atoms with Crippen LogP contribution in [0.15, 0.2) is 24.3 Å². The van der Waals surface area contributed by atoms with Crippen LogP contribution >= 0.6 is 0 Å². The fraction of sp³-hybridized carbons (Fsp3) is 0.640. The van der Waals surface area contributed by atoms with Gasteiger partial charge in [-0.2, -0.15) is 0 Å². The Kier molecular flexibility index (Phi) is 9.69. The number of likely N-dealkylation sites (tertiary alicyclic amines) is 1. The average molecular weight is 445 g/mol. The number of benzene rings is 1. The van der Waals surface area contributed by atoms with E-state index in [0.29, 0.717) is 44.8 Å². The summed E-state index contributed by atoms with van der Waals surface area (Å²) in [6, 6.07) is 6.92. The molecule has 2 atom stereocenters. The van der Waals surface area contributed by atoms with E-state index in [1.807, 2.05) is 58.9 Å². The Labute approximate surface area is 192 Å². The predicted octanol–water partition coefficient (Wildman–Crippen LogP) is 2.36. The summed E-state index contributed by atoms with van der Waals surface area (Å²) in [6.45, 7) is 11.4. The van der Waals surface area contributed by atoms with Crippen molar-refractivity contribution in [1.29, 1.82) is 0 Å². The molecule has 2 rings (SSSR count). The van der Waals surface area contributed by atoms with Gasteiger partial charge in [0.2, 0.25) is 17.7 Å². The molecule has 1 aromatic rings. The number of aryl methyl sites for hydroxylation is 1. The van der Waals surface area contributed by atoms with E-state index in [0.717, 1.165) is 5.56 Å². The van der Waals surface area contributed by atoms with E-state index >= 15 is 0 Å². The van der Waals surface area contributed by atoms with Crippen molar-refractivity contribution in [1.82, 2.24) is 15.5 Å². The first kappa shape index (κ1) is 25.8. The Bertz CT molecular complexity index is 768. The molecule has 1 aliphatic heterocycles. The number of hydrogen-bond acceptors (Lipinski definition) is 4. The van der Waals surface area contributed by atoms with Crippen LogP contribution in [0.4, 0.5) is 0 Å². The topological polar surface area (TPSA) is 105 Å². The third kappa shape index (κ3) is 7.62. The molecule has 0 aliphatic carbocycles. The third-order valence-corrected chi connectivity index (χ3v) is 6.05. The molecule has 1 aromatic carbocycles. The predicted molar refractivity (Wildman–Crippen MR) is 127 cm³/mol. The first-order valence-electron chi connectivity index (χ1n) is 11.8. The van der Waals surface area contributed by atoms with E-state index < -0.39 is 12.1 Å². The smallest absolute Gasteiger partial charge is 0.243 e. The molecular formula is C25H40N4O3. The number of amides is 3. The van der Waals surface area contributed by atoms with Crippen LogP contribution in [-0.4, -0.2) is 47.8 Å². The van der Waals surface area contributed by atoms with E-state index in [-0.39, 0.29) is 29.6 Å². The minimum atomic E-state index is -0.591.